The number of para-hydroxylation sites is 2. The zero-order valence-corrected chi connectivity index (χ0v) is 19.1. The number of ether oxygens (including phenoxy) is 2. The highest BCUT2D eigenvalue weighted by Crippen LogP contribution is 2.57. The Bertz CT molecular complexity index is 880. The maximum atomic E-state index is 5.79. The summed E-state index contributed by atoms with van der Waals surface area (Å²) in [6, 6.07) is 13.0. The van der Waals surface area contributed by atoms with E-state index >= 15 is 0 Å². The molecule has 2 aromatic carbocycles. The molecule has 0 amide bonds. The first-order valence-electron chi connectivity index (χ1n) is 11.8. The van der Waals surface area contributed by atoms with Gasteiger partial charge in [-0.25, -0.2) is 0 Å². The number of hydrogen-bond acceptors (Lipinski definition) is 3. The number of rotatable bonds is 1. The van der Waals surface area contributed by atoms with Gasteiger partial charge in [-0.1, -0.05) is 50.6 Å². The molecule has 1 N–H and O–H groups in total. The van der Waals surface area contributed by atoms with Gasteiger partial charge in [-0.15, -0.1) is 0 Å². The Morgan fingerprint density at radius 2 is 1.30 bits per heavy atom. The molecule has 2 heterocycles. The summed E-state index contributed by atoms with van der Waals surface area (Å²) in [5.74, 6) is 2.28. The molecule has 3 nitrogen and oxygen atoms in total. The lowest BCUT2D eigenvalue weighted by atomic mass is 9.61. The molecule has 2 aromatic rings. The van der Waals surface area contributed by atoms with Crippen LogP contribution in [0.1, 0.15) is 75.5 Å². The zero-order chi connectivity index (χ0) is 21.2. The second-order valence-electron chi connectivity index (χ2n) is 8.99. The van der Waals surface area contributed by atoms with Crippen LogP contribution in [0.15, 0.2) is 36.4 Å². The Hall–Kier alpha value is -2.16. The molecular formula is C27H37NO2. The van der Waals surface area contributed by atoms with E-state index in [2.05, 4.69) is 48.6 Å². The van der Waals surface area contributed by atoms with Crippen molar-refractivity contribution in [1.29, 1.82) is 0 Å². The van der Waals surface area contributed by atoms with Gasteiger partial charge in [0.05, 0.1) is 18.9 Å². The second-order valence-corrected chi connectivity index (χ2v) is 8.99. The van der Waals surface area contributed by atoms with Gasteiger partial charge >= 0.3 is 0 Å². The topological polar surface area (TPSA) is 30.5 Å². The highest BCUT2D eigenvalue weighted by Gasteiger charge is 2.48. The van der Waals surface area contributed by atoms with Crippen molar-refractivity contribution in [2.75, 3.05) is 25.6 Å². The predicted octanol–water partition coefficient (Wildman–Crippen LogP) is 6.77. The van der Waals surface area contributed by atoms with Gasteiger partial charge in [0.15, 0.2) is 0 Å². The van der Waals surface area contributed by atoms with E-state index in [-0.39, 0.29) is 0 Å². The fourth-order valence-corrected chi connectivity index (χ4v) is 5.33. The minimum atomic E-state index is 0.487. The van der Waals surface area contributed by atoms with Crippen molar-refractivity contribution >= 4 is 5.69 Å². The third-order valence-corrected chi connectivity index (χ3v) is 7.46. The first kappa shape index (κ1) is 21.1. The summed E-state index contributed by atoms with van der Waals surface area (Å²) in [7, 11) is 1.95. The molecule has 0 unspecified atom stereocenters. The molecule has 2 fully saturated rings. The molecule has 0 aromatic heterocycles. The van der Waals surface area contributed by atoms with Gasteiger partial charge in [-0.05, 0) is 57.1 Å². The number of aryl methyl sites for hydroxylation is 1. The first-order valence-corrected chi connectivity index (χ1v) is 11.8. The minimum Gasteiger partial charge on any atom is -0.493 e. The van der Waals surface area contributed by atoms with E-state index in [9.17, 15) is 0 Å². The van der Waals surface area contributed by atoms with E-state index in [1.165, 1.54) is 67.4 Å². The summed E-state index contributed by atoms with van der Waals surface area (Å²) in [6.45, 7) is 7.94. The van der Waals surface area contributed by atoms with E-state index in [1.807, 2.05) is 20.9 Å². The van der Waals surface area contributed by atoms with Gasteiger partial charge < -0.3 is 14.8 Å². The number of anilines is 1. The fraction of sp³-hybridized carbons (Fsp3) is 0.556. The van der Waals surface area contributed by atoms with Crippen LogP contribution >= 0.6 is 0 Å². The molecule has 0 atom stereocenters. The summed E-state index contributed by atoms with van der Waals surface area (Å²) in [5.41, 5.74) is 6.33. The highest BCUT2D eigenvalue weighted by atomic mass is 16.5. The van der Waals surface area contributed by atoms with Crippen molar-refractivity contribution in [3.63, 3.8) is 0 Å². The summed E-state index contributed by atoms with van der Waals surface area (Å²) < 4.78 is 11.5. The Balaban J connectivity index is 0.000000134. The Kier molecular flexibility index (Phi) is 5.99. The number of fused-ring (bicyclic) bond motifs is 4. The molecule has 0 saturated heterocycles. The quantitative estimate of drug-likeness (QED) is 0.566. The average molecular weight is 408 g/mol. The van der Waals surface area contributed by atoms with E-state index in [0.717, 1.165) is 24.7 Å². The van der Waals surface area contributed by atoms with Crippen LogP contribution in [0.2, 0.25) is 0 Å². The molecule has 30 heavy (non-hydrogen) atoms. The maximum absolute atomic E-state index is 5.79. The SMILES string of the molecule is CC.CNc1cccc2c1OCCC21CC1.Cc1cccc2c1OCCC21CCC1. The van der Waals surface area contributed by atoms with Crippen LogP contribution in [-0.4, -0.2) is 20.3 Å². The van der Waals surface area contributed by atoms with Crippen molar-refractivity contribution in [2.45, 2.75) is 76.5 Å². The normalized spacial score (nSPS) is 20.5. The van der Waals surface area contributed by atoms with Crippen molar-refractivity contribution in [1.82, 2.24) is 0 Å². The third kappa shape index (κ3) is 3.57. The third-order valence-electron chi connectivity index (χ3n) is 7.46. The predicted molar refractivity (Wildman–Crippen MR) is 125 cm³/mol. The highest BCUT2D eigenvalue weighted by molar-refractivity contribution is 5.63. The lowest BCUT2D eigenvalue weighted by Crippen LogP contribution is -2.39. The average Bonchev–Trinajstić information content (AvgIpc) is 3.54. The molecule has 0 bridgehead atoms. The molecule has 162 valence electrons. The fourth-order valence-electron chi connectivity index (χ4n) is 5.33. The standard InChI is InChI=1S/C13H16O.C12H15NO.C2H6/c1-10-4-2-5-11-12(10)14-9-8-13(11)6-3-7-13;1-13-10-4-2-3-9-11(10)14-8-7-12(9)5-6-12;1-2/h2,4-5H,3,6-9H2,1H3;2-4,13H,5-8H2,1H3;1-2H3. The molecule has 4 aliphatic rings. The van der Waals surface area contributed by atoms with Gasteiger partial charge in [0.2, 0.25) is 0 Å². The lowest BCUT2D eigenvalue weighted by Gasteiger charge is -2.46. The van der Waals surface area contributed by atoms with Crippen molar-refractivity contribution in [2.24, 2.45) is 0 Å². The van der Waals surface area contributed by atoms with E-state index < -0.39 is 0 Å². The van der Waals surface area contributed by atoms with Gasteiger partial charge in [0.25, 0.3) is 0 Å². The smallest absolute Gasteiger partial charge is 0.146 e. The van der Waals surface area contributed by atoms with Gasteiger partial charge in [-0.3, -0.25) is 0 Å². The molecule has 0 radical (unpaired) electrons. The Labute approximate surface area is 182 Å². The van der Waals surface area contributed by atoms with Crippen LogP contribution in [-0.2, 0) is 10.8 Å². The zero-order valence-electron chi connectivity index (χ0n) is 19.1. The molecule has 2 saturated carbocycles. The summed E-state index contributed by atoms with van der Waals surface area (Å²) >= 11 is 0. The van der Waals surface area contributed by atoms with Gasteiger partial charge in [-0.2, -0.15) is 0 Å². The van der Waals surface area contributed by atoms with Crippen molar-refractivity contribution < 1.29 is 9.47 Å². The second kappa shape index (κ2) is 8.53. The van der Waals surface area contributed by atoms with Crippen molar-refractivity contribution in [3.8, 4) is 11.5 Å². The summed E-state index contributed by atoms with van der Waals surface area (Å²) in [5, 5.41) is 3.20. The van der Waals surface area contributed by atoms with Crippen LogP contribution in [0, 0.1) is 6.92 Å². The lowest BCUT2D eigenvalue weighted by molar-refractivity contribution is 0.142. The van der Waals surface area contributed by atoms with Crippen LogP contribution in [0.25, 0.3) is 0 Å². The first-order chi connectivity index (χ1) is 14.7. The molecule has 2 spiro atoms. The number of benzene rings is 2. The largest absolute Gasteiger partial charge is 0.493 e. The van der Waals surface area contributed by atoms with E-state index in [0.29, 0.717) is 10.8 Å². The summed E-state index contributed by atoms with van der Waals surface area (Å²) in [4.78, 5) is 0. The molecular weight excluding hydrogens is 370 g/mol. The number of nitrogens with one attached hydrogen (secondary N) is 1. The molecule has 3 heteroatoms. The molecule has 2 aliphatic carbocycles. The summed E-state index contributed by atoms with van der Waals surface area (Å²) in [6.07, 6.45) is 9.25. The van der Waals surface area contributed by atoms with E-state index in [4.69, 9.17) is 9.47 Å². The van der Waals surface area contributed by atoms with Crippen LogP contribution < -0.4 is 14.8 Å². The monoisotopic (exact) mass is 407 g/mol. The van der Waals surface area contributed by atoms with Gasteiger partial charge in [0, 0.05) is 29.0 Å². The maximum Gasteiger partial charge on any atom is 0.146 e. The van der Waals surface area contributed by atoms with Crippen LogP contribution in [0.4, 0.5) is 5.69 Å². The minimum absolute atomic E-state index is 0.487. The van der Waals surface area contributed by atoms with Gasteiger partial charge in [0.1, 0.15) is 11.5 Å². The van der Waals surface area contributed by atoms with E-state index in [1.54, 1.807) is 0 Å². The van der Waals surface area contributed by atoms with Crippen LogP contribution in [0.3, 0.4) is 0 Å². The number of hydrogen-bond donors (Lipinski definition) is 1. The molecule has 6 rings (SSSR count). The Morgan fingerprint density at radius 3 is 1.87 bits per heavy atom. The van der Waals surface area contributed by atoms with Crippen molar-refractivity contribution in [3.05, 3.63) is 53.1 Å². The Morgan fingerprint density at radius 1 is 0.733 bits per heavy atom. The molecule has 2 aliphatic heterocycles. The van der Waals surface area contributed by atoms with Crippen LogP contribution in [0.5, 0.6) is 11.5 Å².